The van der Waals surface area contributed by atoms with Crippen LogP contribution in [-0.2, 0) is 13.0 Å². The van der Waals surface area contributed by atoms with Crippen LogP contribution in [-0.4, -0.2) is 45.4 Å². The summed E-state index contributed by atoms with van der Waals surface area (Å²) in [6, 6.07) is 13.0. The second-order valence-corrected chi connectivity index (χ2v) is 10.3. The predicted octanol–water partition coefficient (Wildman–Crippen LogP) is 4.66. The molecule has 0 spiro atoms. The van der Waals surface area contributed by atoms with Gasteiger partial charge in [-0.15, -0.1) is 0 Å². The number of hydrogen-bond donors (Lipinski definition) is 2. The first-order valence-corrected chi connectivity index (χ1v) is 12.4. The number of aromatic nitrogens is 4. The zero-order valence-electron chi connectivity index (χ0n) is 21.4. The Balaban J connectivity index is 1.47. The molecular weight excluding hydrogens is 492 g/mol. The van der Waals surface area contributed by atoms with Crippen molar-refractivity contribution >= 4 is 23.7 Å². The van der Waals surface area contributed by atoms with Gasteiger partial charge in [0.25, 0.3) is 0 Å². The summed E-state index contributed by atoms with van der Waals surface area (Å²) in [7, 11) is 3.23. The fourth-order valence-electron chi connectivity index (χ4n) is 3.52. The summed E-state index contributed by atoms with van der Waals surface area (Å²) >= 11 is 1.37. The molecule has 2 aliphatic heterocycles. The van der Waals surface area contributed by atoms with Gasteiger partial charge in [0.2, 0.25) is 0 Å². The molecule has 0 aliphatic carbocycles. The van der Waals surface area contributed by atoms with Crippen LogP contribution in [0.25, 0.3) is 11.5 Å². The SMILES string of the molecule is COc1ccc(OC)c(Sc2nc3c(N)ncn(CCc4ccc(OC(=O)NC(C)(C)C)cc4)c-3n2)c1. The van der Waals surface area contributed by atoms with Gasteiger partial charge in [-0.3, -0.25) is 0 Å². The third-order valence-corrected chi connectivity index (χ3v) is 6.20. The number of fused-ring (bicyclic) bond motifs is 1. The zero-order chi connectivity index (χ0) is 26.6. The van der Waals surface area contributed by atoms with E-state index in [0.717, 1.165) is 10.5 Å². The number of rotatable bonds is 8. The first-order valence-electron chi connectivity index (χ1n) is 11.6. The van der Waals surface area contributed by atoms with Gasteiger partial charge in [-0.05, 0) is 74.8 Å². The van der Waals surface area contributed by atoms with Gasteiger partial charge in [-0.2, -0.15) is 0 Å². The Labute approximate surface area is 219 Å². The van der Waals surface area contributed by atoms with Gasteiger partial charge in [-0.1, -0.05) is 12.1 Å². The van der Waals surface area contributed by atoms with Crippen LogP contribution in [0.1, 0.15) is 26.3 Å². The first kappa shape index (κ1) is 26.1. The van der Waals surface area contributed by atoms with E-state index in [1.807, 2.05) is 55.7 Å². The molecule has 2 aromatic carbocycles. The molecule has 3 N–H and O–H groups in total. The van der Waals surface area contributed by atoms with Gasteiger partial charge < -0.3 is 29.8 Å². The molecule has 10 nitrogen and oxygen atoms in total. The Morgan fingerprint density at radius 2 is 1.78 bits per heavy atom. The third kappa shape index (κ3) is 6.62. The molecule has 2 aromatic rings. The number of imidazole rings is 1. The number of nitrogens with two attached hydrogens (primary N) is 1. The summed E-state index contributed by atoms with van der Waals surface area (Å²) in [6.45, 7) is 6.30. The fraction of sp³-hybridized carbons (Fsp3) is 0.308. The van der Waals surface area contributed by atoms with E-state index in [1.165, 1.54) is 11.8 Å². The minimum atomic E-state index is -0.485. The Morgan fingerprint density at radius 3 is 2.46 bits per heavy atom. The summed E-state index contributed by atoms with van der Waals surface area (Å²) in [5, 5.41) is 3.30. The molecule has 2 aliphatic rings. The number of benzene rings is 2. The fourth-order valence-corrected chi connectivity index (χ4v) is 4.41. The molecule has 0 unspecified atom stereocenters. The van der Waals surface area contributed by atoms with Gasteiger partial charge in [0.05, 0.1) is 25.4 Å². The van der Waals surface area contributed by atoms with Crippen molar-refractivity contribution in [1.82, 2.24) is 24.8 Å². The number of carbonyl (C=O) groups is 1. The van der Waals surface area contributed by atoms with Gasteiger partial charge >= 0.3 is 6.09 Å². The van der Waals surface area contributed by atoms with Gasteiger partial charge in [0, 0.05) is 12.1 Å². The number of methoxy groups -OCH3 is 2. The second-order valence-electron chi connectivity index (χ2n) is 9.28. The highest BCUT2D eigenvalue weighted by molar-refractivity contribution is 7.99. The smallest absolute Gasteiger partial charge is 0.413 e. The lowest BCUT2D eigenvalue weighted by molar-refractivity contribution is 0.190. The minimum Gasteiger partial charge on any atom is -0.497 e. The topological polar surface area (TPSA) is 126 Å². The van der Waals surface area contributed by atoms with Crippen molar-refractivity contribution in [2.45, 2.75) is 49.3 Å². The monoisotopic (exact) mass is 522 g/mol. The van der Waals surface area contributed by atoms with Gasteiger partial charge in [-0.25, -0.2) is 19.7 Å². The first-order chi connectivity index (χ1) is 17.6. The minimum absolute atomic E-state index is 0.318. The van der Waals surface area contributed by atoms with Crippen LogP contribution in [0.3, 0.4) is 0 Å². The number of nitrogen functional groups attached to an aromatic ring is 1. The number of carbonyl (C=O) groups excluding carboxylic acids is 1. The normalized spacial score (nSPS) is 11.4. The molecule has 0 radical (unpaired) electrons. The van der Waals surface area contributed by atoms with Crippen molar-refractivity contribution in [2.24, 2.45) is 0 Å². The van der Waals surface area contributed by atoms with E-state index in [0.29, 0.717) is 52.7 Å². The molecule has 0 saturated carbocycles. The van der Waals surface area contributed by atoms with E-state index < -0.39 is 6.09 Å². The summed E-state index contributed by atoms with van der Waals surface area (Å²) in [5.74, 6) is 2.85. The highest BCUT2D eigenvalue weighted by Crippen LogP contribution is 2.38. The largest absolute Gasteiger partial charge is 0.497 e. The van der Waals surface area contributed by atoms with Gasteiger partial charge in [0.1, 0.15) is 17.2 Å². The van der Waals surface area contributed by atoms with E-state index in [-0.39, 0.29) is 5.54 Å². The molecule has 0 atom stereocenters. The summed E-state index contributed by atoms with van der Waals surface area (Å²) < 4.78 is 18.1. The van der Waals surface area contributed by atoms with Crippen LogP contribution in [0, 0.1) is 0 Å². The molecule has 4 rings (SSSR count). The molecule has 0 saturated heterocycles. The van der Waals surface area contributed by atoms with Crippen LogP contribution in [0.5, 0.6) is 17.2 Å². The Hall–Kier alpha value is -3.99. The average Bonchev–Trinajstić information content (AvgIpc) is 3.28. The zero-order valence-corrected chi connectivity index (χ0v) is 22.3. The van der Waals surface area contributed by atoms with E-state index in [2.05, 4.69) is 15.3 Å². The van der Waals surface area contributed by atoms with E-state index in [1.54, 1.807) is 32.7 Å². The van der Waals surface area contributed by atoms with E-state index in [4.69, 9.17) is 24.9 Å². The summed E-state index contributed by atoms with van der Waals surface area (Å²) in [4.78, 5) is 26.4. The molecule has 194 valence electrons. The highest BCUT2D eigenvalue weighted by Gasteiger charge is 2.21. The van der Waals surface area contributed by atoms with Crippen LogP contribution in [0.2, 0.25) is 0 Å². The summed E-state index contributed by atoms with van der Waals surface area (Å²) in [6.07, 6.45) is 1.89. The average molecular weight is 523 g/mol. The lowest BCUT2D eigenvalue weighted by atomic mass is 10.1. The molecular formula is C26H30N6O4S. The maximum absolute atomic E-state index is 12.0. The number of nitrogens with zero attached hydrogens (tertiary/aromatic N) is 4. The maximum Gasteiger partial charge on any atom is 0.413 e. The molecule has 0 bridgehead atoms. The molecule has 2 heterocycles. The van der Waals surface area contributed by atoms with Crippen molar-refractivity contribution in [3.8, 4) is 28.8 Å². The molecule has 11 heteroatoms. The van der Waals surface area contributed by atoms with Crippen molar-refractivity contribution in [1.29, 1.82) is 0 Å². The lowest BCUT2D eigenvalue weighted by Crippen LogP contribution is -2.42. The number of anilines is 1. The van der Waals surface area contributed by atoms with Gasteiger partial charge in [0.15, 0.2) is 22.5 Å². The quantitative estimate of drug-likeness (QED) is 0.340. The molecule has 0 aromatic heterocycles. The van der Waals surface area contributed by atoms with Crippen LogP contribution in [0.15, 0.2) is 58.8 Å². The van der Waals surface area contributed by atoms with Crippen molar-refractivity contribution < 1.29 is 19.0 Å². The maximum atomic E-state index is 12.0. The molecule has 1 amide bonds. The van der Waals surface area contributed by atoms with Crippen molar-refractivity contribution in [3.63, 3.8) is 0 Å². The van der Waals surface area contributed by atoms with E-state index >= 15 is 0 Å². The second kappa shape index (κ2) is 11.0. The van der Waals surface area contributed by atoms with Crippen molar-refractivity contribution in [2.75, 3.05) is 20.0 Å². The standard InChI is InChI=1S/C26H30N6O4S/c1-26(2,3)31-25(33)36-17-8-6-16(7-9-17)12-13-32-15-28-22(27)21-23(32)30-24(29-21)37-20-14-18(34-4)10-11-19(20)35-5/h6-11,14-15H,12-13,27H2,1-5H3,(H,31,33). The number of ether oxygens (including phenoxy) is 3. The predicted molar refractivity (Wildman–Crippen MR) is 142 cm³/mol. The lowest BCUT2D eigenvalue weighted by Gasteiger charge is -2.19. The third-order valence-electron chi connectivity index (χ3n) is 5.30. The Morgan fingerprint density at radius 1 is 1.05 bits per heavy atom. The molecule has 37 heavy (non-hydrogen) atoms. The Bertz CT molecular complexity index is 1350. The summed E-state index contributed by atoms with van der Waals surface area (Å²) in [5.41, 5.74) is 7.35. The highest BCUT2D eigenvalue weighted by atomic mass is 32.2. The number of hydrogen-bond acceptors (Lipinski definition) is 9. The number of amides is 1. The number of nitrogens with one attached hydrogen (secondary N) is 1. The van der Waals surface area contributed by atoms with E-state index in [9.17, 15) is 4.79 Å². The van der Waals surface area contributed by atoms with Crippen LogP contribution in [0.4, 0.5) is 10.6 Å². The van der Waals surface area contributed by atoms with Crippen molar-refractivity contribution in [3.05, 3.63) is 54.4 Å². The Kier molecular flexibility index (Phi) is 7.72. The van der Waals surface area contributed by atoms with Crippen LogP contribution < -0.4 is 25.3 Å². The van der Waals surface area contributed by atoms with Crippen LogP contribution >= 0.6 is 11.8 Å². The number of aryl methyl sites for hydroxylation is 2. The molecule has 0 fully saturated rings.